The van der Waals surface area contributed by atoms with Crippen LogP contribution >= 0.6 is 0 Å². The van der Waals surface area contributed by atoms with E-state index in [-0.39, 0.29) is 0 Å². The van der Waals surface area contributed by atoms with Crippen molar-refractivity contribution in [1.82, 2.24) is 0 Å². The summed E-state index contributed by atoms with van der Waals surface area (Å²) in [6, 6.07) is 75.1. The van der Waals surface area contributed by atoms with E-state index in [9.17, 15) is 0 Å². The Morgan fingerprint density at radius 3 is 1.46 bits per heavy atom. The molecular weight excluding hydrogens is 717 g/mol. The van der Waals surface area contributed by atoms with Crippen LogP contribution in [-0.2, 0) is 5.41 Å². The Balaban J connectivity index is 1.15. The van der Waals surface area contributed by atoms with Crippen LogP contribution in [0.4, 0.5) is 0 Å². The number of benzene rings is 10. The van der Waals surface area contributed by atoms with Gasteiger partial charge in [0.15, 0.2) is 0 Å². The fourth-order valence-electron chi connectivity index (χ4n) is 10.6. The summed E-state index contributed by atoms with van der Waals surface area (Å²) in [5, 5.41) is 9.00. The average Bonchev–Trinajstić information content (AvgIpc) is 3.97. The van der Waals surface area contributed by atoms with E-state index in [0.29, 0.717) is 0 Å². The summed E-state index contributed by atoms with van der Waals surface area (Å²) in [7, 11) is 0. The topological polar surface area (TPSA) is 26.3 Å². The molecule has 0 saturated carbocycles. The lowest BCUT2D eigenvalue weighted by atomic mass is 9.67. The third-order valence-corrected chi connectivity index (χ3v) is 12.9. The number of rotatable bonds is 4. The summed E-state index contributed by atoms with van der Waals surface area (Å²) in [5.41, 5.74) is 15.3. The summed E-state index contributed by atoms with van der Waals surface area (Å²) in [6.07, 6.45) is 0. The maximum Gasteiger partial charge on any atom is 0.147 e. The maximum absolute atomic E-state index is 6.88. The molecule has 0 aliphatic heterocycles. The van der Waals surface area contributed by atoms with Crippen LogP contribution in [0.25, 0.3) is 98.8 Å². The standard InChI is InChI=1S/C57H34O2/c1-3-17-36(18-4-1)57(37-19-5-2-6-20-37)48-28-14-11-21-38(48)39-32-31-35(33-49(39)57)52-41-23-7-9-25-43(41)53(44-26-10-8-24-42(44)52)47-34-46-40-22-12-15-29-50(40)58-55(46)54-45-27-13-16-30-51(45)59-56(47)54/h1-34H. The Morgan fingerprint density at radius 1 is 0.305 bits per heavy atom. The van der Waals surface area contributed by atoms with Crippen molar-refractivity contribution >= 4 is 65.4 Å². The molecule has 2 heterocycles. The minimum atomic E-state index is -0.494. The summed E-state index contributed by atoms with van der Waals surface area (Å²) in [6.45, 7) is 0. The second kappa shape index (κ2) is 12.2. The van der Waals surface area contributed by atoms with E-state index in [1.54, 1.807) is 0 Å². The van der Waals surface area contributed by atoms with E-state index < -0.39 is 5.41 Å². The molecule has 0 radical (unpaired) electrons. The van der Waals surface area contributed by atoms with Crippen LogP contribution in [0.3, 0.4) is 0 Å². The van der Waals surface area contributed by atoms with Crippen molar-refractivity contribution in [3.8, 4) is 33.4 Å². The van der Waals surface area contributed by atoms with Gasteiger partial charge in [-0.2, -0.15) is 0 Å². The largest absolute Gasteiger partial charge is 0.455 e. The predicted octanol–water partition coefficient (Wildman–Crippen LogP) is 15.5. The average molecular weight is 751 g/mol. The molecule has 12 aromatic rings. The Labute approximate surface area is 340 Å². The minimum absolute atomic E-state index is 0.494. The van der Waals surface area contributed by atoms with Crippen molar-refractivity contribution in [3.63, 3.8) is 0 Å². The SMILES string of the molecule is c1ccc(C2(c3ccccc3)c3ccccc3-c3ccc(-c4c5ccccc5c(-c5cc6c7ccccc7oc6c6c5oc5ccccc56)c5ccccc45)cc32)cc1. The van der Waals surface area contributed by atoms with Crippen LogP contribution in [0.15, 0.2) is 215 Å². The molecule has 59 heavy (non-hydrogen) atoms. The number of para-hydroxylation sites is 2. The first-order chi connectivity index (χ1) is 29.3. The molecule has 10 aromatic carbocycles. The Hall–Kier alpha value is -7.68. The highest BCUT2D eigenvalue weighted by Gasteiger charge is 2.46. The van der Waals surface area contributed by atoms with Gasteiger partial charge in [-0.05, 0) is 90.3 Å². The van der Waals surface area contributed by atoms with E-state index in [2.05, 4.69) is 194 Å². The third-order valence-electron chi connectivity index (χ3n) is 12.9. The van der Waals surface area contributed by atoms with E-state index in [0.717, 1.165) is 55.0 Å². The van der Waals surface area contributed by atoms with Gasteiger partial charge in [0.25, 0.3) is 0 Å². The number of hydrogen-bond acceptors (Lipinski definition) is 2. The van der Waals surface area contributed by atoms with Crippen molar-refractivity contribution in [2.45, 2.75) is 5.41 Å². The third kappa shape index (κ3) is 4.35. The fraction of sp³-hybridized carbons (Fsp3) is 0.0175. The second-order valence-electron chi connectivity index (χ2n) is 15.8. The van der Waals surface area contributed by atoms with Gasteiger partial charge in [-0.15, -0.1) is 0 Å². The molecule has 0 saturated heterocycles. The molecule has 2 heteroatoms. The Kier molecular flexibility index (Phi) is 6.68. The lowest BCUT2D eigenvalue weighted by molar-refractivity contribution is 0.663. The first-order valence-corrected chi connectivity index (χ1v) is 20.3. The molecule has 0 unspecified atom stereocenters. The van der Waals surface area contributed by atoms with Crippen molar-refractivity contribution < 1.29 is 8.83 Å². The van der Waals surface area contributed by atoms with Crippen LogP contribution in [0.1, 0.15) is 22.3 Å². The van der Waals surface area contributed by atoms with Crippen molar-refractivity contribution in [2.24, 2.45) is 0 Å². The highest BCUT2D eigenvalue weighted by Crippen LogP contribution is 2.57. The van der Waals surface area contributed by atoms with Crippen LogP contribution < -0.4 is 0 Å². The van der Waals surface area contributed by atoms with Gasteiger partial charge in [0, 0.05) is 27.3 Å². The van der Waals surface area contributed by atoms with E-state index in [1.165, 1.54) is 66.1 Å². The maximum atomic E-state index is 6.88. The van der Waals surface area contributed by atoms with Gasteiger partial charge < -0.3 is 8.83 Å². The van der Waals surface area contributed by atoms with Gasteiger partial charge in [-0.1, -0.05) is 182 Å². The molecule has 0 spiro atoms. The zero-order valence-electron chi connectivity index (χ0n) is 31.9. The number of furan rings is 2. The van der Waals surface area contributed by atoms with Crippen LogP contribution in [0.5, 0.6) is 0 Å². The first kappa shape index (κ1) is 32.4. The van der Waals surface area contributed by atoms with Crippen molar-refractivity contribution in [3.05, 3.63) is 229 Å². The quantitative estimate of drug-likeness (QED) is 0.167. The summed E-state index contributed by atoms with van der Waals surface area (Å²) < 4.78 is 13.5. The lowest BCUT2D eigenvalue weighted by Crippen LogP contribution is -2.28. The Morgan fingerprint density at radius 2 is 0.797 bits per heavy atom. The first-order valence-electron chi connectivity index (χ1n) is 20.3. The Bertz CT molecular complexity index is 3570. The molecule has 0 bridgehead atoms. The fourth-order valence-corrected chi connectivity index (χ4v) is 10.6. The van der Waals surface area contributed by atoms with Crippen LogP contribution in [0, 0.1) is 0 Å². The van der Waals surface area contributed by atoms with E-state index in [4.69, 9.17) is 8.83 Å². The molecule has 0 fully saturated rings. The molecule has 1 aliphatic rings. The lowest BCUT2D eigenvalue weighted by Gasteiger charge is -2.34. The number of fused-ring (bicyclic) bond motifs is 12. The molecule has 13 rings (SSSR count). The highest BCUT2D eigenvalue weighted by atomic mass is 16.3. The van der Waals surface area contributed by atoms with Gasteiger partial charge >= 0.3 is 0 Å². The zero-order chi connectivity index (χ0) is 38.7. The molecule has 274 valence electrons. The molecule has 0 atom stereocenters. The molecule has 0 N–H and O–H groups in total. The van der Waals surface area contributed by atoms with Gasteiger partial charge in [-0.3, -0.25) is 0 Å². The normalized spacial score (nSPS) is 13.2. The molecule has 0 amide bonds. The zero-order valence-corrected chi connectivity index (χ0v) is 31.9. The number of hydrogen-bond donors (Lipinski definition) is 0. The van der Waals surface area contributed by atoms with Crippen LogP contribution in [0.2, 0.25) is 0 Å². The highest BCUT2D eigenvalue weighted by molar-refractivity contribution is 6.29. The van der Waals surface area contributed by atoms with Gasteiger partial charge in [-0.25, -0.2) is 0 Å². The smallest absolute Gasteiger partial charge is 0.147 e. The van der Waals surface area contributed by atoms with Crippen molar-refractivity contribution in [2.75, 3.05) is 0 Å². The van der Waals surface area contributed by atoms with Crippen molar-refractivity contribution in [1.29, 1.82) is 0 Å². The predicted molar refractivity (Wildman–Crippen MR) is 244 cm³/mol. The summed E-state index contributed by atoms with van der Waals surface area (Å²) >= 11 is 0. The summed E-state index contributed by atoms with van der Waals surface area (Å²) in [4.78, 5) is 0. The van der Waals surface area contributed by atoms with E-state index in [1.807, 2.05) is 12.1 Å². The molecule has 2 nitrogen and oxygen atoms in total. The molecule has 2 aromatic heterocycles. The van der Waals surface area contributed by atoms with Gasteiger partial charge in [0.05, 0.1) is 10.8 Å². The monoisotopic (exact) mass is 750 g/mol. The van der Waals surface area contributed by atoms with Gasteiger partial charge in [0.1, 0.15) is 22.3 Å². The summed E-state index contributed by atoms with van der Waals surface area (Å²) in [5.74, 6) is 0. The minimum Gasteiger partial charge on any atom is -0.455 e. The second-order valence-corrected chi connectivity index (χ2v) is 15.8. The molecule has 1 aliphatic carbocycles. The molecular formula is C57H34O2. The van der Waals surface area contributed by atoms with Crippen LogP contribution in [-0.4, -0.2) is 0 Å². The van der Waals surface area contributed by atoms with E-state index >= 15 is 0 Å². The van der Waals surface area contributed by atoms with Gasteiger partial charge in [0.2, 0.25) is 0 Å².